The van der Waals surface area contributed by atoms with Gasteiger partial charge in [-0.2, -0.15) is 0 Å². The fourth-order valence-corrected chi connectivity index (χ4v) is 3.24. The normalized spacial score (nSPS) is 11.1. The van der Waals surface area contributed by atoms with Crippen LogP contribution in [0.1, 0.15) is 17.5 Å². The lowest BCUT2D eigenvalue weighted by atomic mass is 10.1. The third kappa shape index (κ3) is 4.77. The number of aliphatic carboxylic acids is 1. The van der Waals surface area contributed by atoms with E-state index in [1.165, 1.54) is 36.4 Å². The molecule has 0 fully saturated rings. The van der Waals surface area contributed by atoms with Crippen molar-refractivity contribution in [1.82, 2.24) is 0 Å². The quantitative estimate of drug-likeness (QED) is 0.584. The number of hydrogen-bond donors (Lipinski definition) is 1. The second kappa shape index (κ2) is 7.31. The molecule has 132 valence electrons. The van der Waals surface area contributed by atoms with Gasteiger partial charge in [-0.1, -0.05) is 18.2 Å². The molecule has 0 saturated heterocycles. The summed E-state index contributed by atoms with van der Waals surface area (Å²) in [7, 11) is -3.93. The maximum atomic E-state index is 12.4. The molecule has 0 heterocycles. The third-order valence-corrected chi connectivity index (χ3v) is 4.91. The largest absolute Gasteiger partial charge is 0.550 e. The van der Waals surface area contributed by atoms with Crippen LogP contribution in [-0.4, -0.2) is 19.3 Å². The van der Waals surface area contributed by atoms with E-state index in [0.717, 1.165) is 6.07 Å². The molecule has 0 aliphatic heterocycles. The molecule has 0 atom stereocenters. The highest BCUT2D eigenvalue weighted by atomic mass is 32.2. The summed E-state index contributed by atoms with van der Waals surface area (Å²) in [5.41, 5.74) is 1.10. The Morgan fingerprint density at radius 2 is 1.80 bits per heavy atom. The van der Waals surface area contributed by atoms with E-state index in [0.29, 0.717) is 11.1 Å². The summed E-state index contributed by atoms with van der Waals surface area (Å²) in [6.45, 7) is 1.63. The molecule has 25 heavy (non-hydrogen) atoms. The summed E-state index contributed by atoms with van der Waals surface area (Å²) in [6.07, 6.45) is 0.0807. The first-order valence-electron chi connectivity index (χ1n) is 7.26. The zero-order chi connectivity index (χ0) is 18.6. The Kier molecular flexibility index (Phi) is 5.38. The molecule has 9 heteroatoms. The number of hydrogen-bond acceptors (Lipinski definition) is 6. The maximum absolute atomic E-state index is 12.4. The second-order valence-electron chi connectivity index (χ2n) is 5.38. The fourth-order valence-electron chi connectivity index (χ4n) is 2.12. The molecule has 0 unspecified atom stereocenters. The van der Waals surface area contributed by atoms with E-state index in [9.17, 15) is 28.4 Å². The molecular weight excluding hydrogens is 348 g/mol. The molecule has 2 aromatic rings. The van der Waals surface area contributed by atoms with Gasteiger partial charge in [0.25, 0.3) is 15.7 Å². The number of nitrogens with one attached hydrogen (secondary N) is 1. The molecule has 0 spiro atoms. The monoisotopic (exact) mass is 363 g/mol. The van der Waals surface area contributed by atoms with Crippen LogP contribution in [0.4, 0.5) is 11.4 Å². The molecule has 0 aliphatic carbocycles. The van der Waals surface area contributed by atoms with Gasteiger partial charge in [0.1, 0.15) is 0 Å². The van der Waals surface area contributed by atoms with Gasteiger partial charge in [-0.05, 0) is 43.0 Å². The molecule has 0 bridgehead atoms. The molecule has 0 amide bonds. The fraction of sp³-hybridized carbons (Fsp3) is 0.188. The third-order valence-electron chi connectivity index (χ3n) is 3.53. The van der Waals surface area contributed by atoms with Crippen molar-refractivity contribution >= 4 is 27.4 Å². The number of carboxylic acid groups (broad SMARTS) is 1. The van der Waals surface area contributed by atoms with Gasteiger partial charge in [0.15, 0.2) is 0 Å². The number of carbonyl (C=O) groups is 1. The number of benzene rings is 2. The van der Waals surface area contributed by atoms with Gasteiger partial charge < -0.3 is 9.90 Å². The van der Waals surface area contributed by atoms with Crippen molar-refractivity contribution < 1.29 is 23.2 Å². The van der Waals surface area contributed by atoms with Crippen molar-refractivity contribution in [3.63, 3.8) is 0 Å². The zero-order valence-corrected chi connectivity index (χ0v) is 14.1. The summed E-state index contributed by atoms with van der Waals surface area (Å²) in [4.78, 5) is 20.6. The van der Waals surface area contributed by atoms with Crippen molar-refractivity contribution in [2.75, 3.05) is 4.72 Å². The molecule has 0 aromatic heterocycles. The van der Waals surface area contributed by atoms with Crippen molar-refractivity contribution in [3.05, 3.63) is 63.7 Å². The Labute approximate surface area is 144 Å². The Balaban J connectivity index is 2.23. The topological polar surface area (TPSA) is 129 Å². The molecule has 2 rings (SSSR count). The van der Waals surface area contributed by atoms with E-state index >= 15 is 0 Å². The first-order valence-corrected chi connectivity index (χ1v) is 8.74. The van der Waals surface area contributed by atoms with E-state index in [2.05, 4.69) is 4.72 Å². The SMILES string of the molecule is Cc1ccc([N+](=O)[O-])cc1NS(=O)(=O)c1ccc(CCC(=O)[O-])cc1. The predicted octanol–water partition coefficient (Wildman–Crippen LogP) is 1.39. The van der Waals surface area contributed by atoms with Gasteiger partial charge >= 0.3 is 0 Å². The Morgan fingerprint density at radius 1 is 1.16 bits per heavy atom. The number of nitro benzene ring substituents is 1. The number of carbonyl (C=O) groups excluding carboxylic acids is 1. The van der Waals surface area contributed by atoms with Crippen LogP contribution >= 0.6 is 0 Å². The van der Waals surface area contributed by atoms with Crippen LogP contribution in [0.5, 0.6) is 0 Å². The molecular formula is C16H15N2O6S-. The highest BCUT2D eigenvalue weighted by Crippen LogP contribution is 2.24. The average molecular weight is 363 g/mol. The van der Waals surface area contributed by atoms with Gasteiger partial charge in [0.05, 0.1) is 15.5 Å². The van der Waals surface area contributed by atoms with Crippen LogP contribution in [0.3, 0.4) is 0 Å². The first kappa shape index (κ1) is 18.4. The Morgan fingerprint density at radius 3 is 2.36 bits per heavy atom. The minimum atomic E-state index is -3.93. The van der Waals surface area contributed by atoms with E-state index in [1.54, 1.807) is 6.92 Å². The molecule has 0 aliphatic rings. The van der Waals surface area contributed by atoms with Crippen LogP contribution in [-0.2, 0) is 21.2 Å². The van der Waals surface area contributed by atoms with Gasteiger partial charge in [-0.25, -0.2) is 8.42 Å². The average Bonchev–Trinajstić information content (AvgIpc) is 2.55. The Bertz CT molecular complexity index is 907. The molecule has 0 saturated carbocycles. The lowest BCUT2D eigenvalue weighted by Crippen LogP contribution is -2.22. The maximum Gasteiger partial charge on any atom is 0.271 e. The number of carboxylic acids is 1. The zero-order valence-electron chi connectivity index (χ0n) is 13.3. The minimum absolute atomic E-state index is 0.0318. The van der Waals surface area contributed by atoms with Crippen LogP contribution < -0.4 is 9.83 Å². The van der Waals surface area contributed by atoms with Gasteiger partial charge in [0.2, 0.25) is 0 Å². The minimum Gasteiger partial charge on any atom is -0.550 e. The molecule has 2 aromatic carbocycles. The lowest BCUT2D eigenvalue weighted by Gasteiger charge is -2.11. The Hall–Kier alpha value is -2.94. The number of non-ortho nitro benzene ring substituents is 1. The van der Waals surface area contributed by atoms with E-state index in [1.807, 2.05) is 0 Å². The number of sulfonamides is 1. The van der Waals surface area contributed by atoms with Gasteiger partial charge in [0, 0.05) is 18.1 Å². The summed E-state index contributed by atoms with van der Waals surface area (Å²) >= 11 is 0. The second-order valence-corrected chi connectivity index (χ2v) is 7.06. The van der Waals surface area contributed by atoms with Gasteiger partial charge in [-0.3, -0.25) is 14.8 Å². The van der Waals surface area contributed by atoms with Crippen LogP contribution in [0.25, 0.3) is 0 Å². The van der Waals surface area contributed by atoms with Crippen LogP contribution in [0.15, 0.2) is 47.4 Å². The van der Waals surface area contributed by atoms with E-state index < -0.39 is 20.9 Å². The smallest absolute Gasteiger partial charge is 0.271 e. The van der Waals surface area contributed by atoms with Gasteiger partial charge in [-0.15, -0.1) is 0 Å². The highest BCUT2D eigenvalue weighted by Gasteiger charge is 2.17. The summed E-state index contributed by atoms with van der Waals surface area (Å²) in [6, 6.07) is 9.62. The predicted molar refractivity (Wildman–Crippen MR) is 88.4 cm³/mol. The van der Waals surface area contributed by atoms with E-state index in [4.69, 9.17) is 0 Å². The number of anilines is 1. The number of rotatable bonds is 7. The van der Waals surface area contributed by atoms with Crippen molar-refractivity contribution in [2.24, 2.45) is 0 Å². The lowest BCUT2D eigenvalue weighted by molar-refractivity contribution is -0.384. The van der Waals surface area contributed by atoms with E-state index in [-0.39, 0.29) is 29.1 Å². The number of aryl methyl sites for hydroxylation is 2. The molecule has 8 nitrogen and oxygen atoms in total. The first-order chi connectivity index (χ1) is 11.7. The number of nitrogens with zero attached hydrogens (tertiary/aromatic N) is 1. The summed E-state index contributed by atoms with van der Waals surface area (Å²) in [5, 5.41) is 21.3. The van der Waals surface area contributed by atoms with Crippen LogP contribution in [0, 0.1) is 17.0 Å². The van der Waals surface area contributed by atoms with Crippen molar-refractivity contribution in [1.29, 1.82) is 0 Å². The highest BCUT2D eigenvalue weighted by molar-refractivity contribution is 7.92. The molecule has 0 radical (unpaired) electrons. The van der Waals surface area contributed by atoms with Crippen LogP contribution in [0.2, 0.25) is 0 Å². The number of nitro groups is 1. The summed E-state index contributed by atoms with van der Waals surface area (Å²) < 4.78 is 27.2. The van der Waals surface area contributed by atoms with Crippen molar-refractivity contribution in [2.45, 2.75) is 24.7 Å². The molecule has 1 N–H and O–H groups in total. The van der Waals surface area contributed by atoms with Crippen molar-refractivity contribution in [3.8, 4) is 0 Å². The summed E-state index contributed by atoms with van der Waals surface area (Å²) in [5.74, 6) is -1.18. The standard InChI is InChI=1S/C16H16N2O6S/c1-11-2-6-13(18(21)22)10-15(11)17-25(23,24)14-7-3-12(4-8-14)5-9-16(19)20/h2-4,6-8,10,17H,5,9H2,1H3,(H,19,20)/p-1.